The number of halogens is 1. The van der Waals surface area contributed by atoms with Gasteiger partial charge in [-0.1, -0.05) is 0 Å². The van der Waals surface area contributed by atoms with Crippen molar-refractivity contribution in [3.63, 3.8) is 0 Å². The molecule has 0 aromatic heterocycles. The Morgan fingerprint density at radius 1 is 1.30 bits per heavy atom. The summed E-state index contributed by atoms with van der Waals surface area (Å²) in [5.41, 5.74) is 1.43. The van der Waals surface area contributed by atoms with E-state index in [4.69, 9.17) is 4.74 Å². The first-order valence-electron chi connectivity index (χ1n) is 8.39. The number of benzene rings is 1. The summed E-state index contributed by atoms with van der Waals surface area (Å²) in [5, 5.41) is 5.65. The molecule has 23 heavy (non-hydrogen) atoms. The molecule has 0 aliphatic carbocycles. The fourth-order valence-electron chi connectivity index (χ4n) is 3.17. The van der Waals surface area contributed by atoms with E-state index in [2.05, 4.69) is 15.5 Å². The minimum atomic E-state index is -0.342. The molecule has 0 spiro atoms. The molecule has 2 amide bonds. The molecule has 1 aromatic carbocycles. The Labute approximate surface area is 136 Å². The zero-order valence-corrected chi connectivity index (χ0v) is 13.3. The van der Waals surface area contributed by atoms with E-state index in [1.54, 1.807) is 6.07 Å². The predicted molar refractivity (Wildman–Crippen MR) is 88.4 cm³/mol. The predicted octanol–water partition coefficient (Wildman–Crippen LogP) is 2.97. The fourth-order valence-corrected chi connectivity index (χ4v) is 3.17. The van der Waals surface area contributed by atoms with Crippen LogP contribution in [0.25, 0.3) is 0 Å². The van der Waals surface area contributed by atoms with Gasteiger partial charge in [0.2, 0.25) is 0 Å². The lowest BCUT2D eigenvalue weighted by Gasteiger charge is -2.30. The number of ether oxygens (including phenoxy) is 1. The van der Waals surface area contributed by atoms with Crippen LogP contribution in [0.15, 0.2) is 18.2 Å². The van der Waals surface area contributed by atoms with E-state index >= 15 is 0 Å². The number of rotatable bonds is 4. The Bertz CT molecular complexity index is 541. The summed E-state index contributed by atoms with van der Waals surface area (Å²) in [6.07, 6.45) is 4.46. The van der Waals surface area contributed by atoms with Crippen LogP contribution in [0.5, 0.6) is 0 Å². The van der Waals surface area contributed by atoms with Gasteiger partial charge < -0.3 is 20.3 Å². The number of amides is 2. The smallest absolute Gasteiger partial charge is 0.319 e. The zero-order chi connectivity index (χ0) is 16.1. The van der Waals surface area contributed by atoms with Crippen LogP contribution in [-0.4, -0.2) is 38.9 Å². The molecule has 2 heterocycles. The molecule has 126 valence electrons. The third-order valence-electron chi connectivity index (χ3n) is 4.48. The molecule has 0 saturated carbocycles. The van der Waals surface area contributed by atoms with Gasteiger partial charge in [0.15, 0.2) is 0 Å². The van der Waals surface area contributed by atoms with E-state index in [-0.39, 0.29) is 11.8 Å². The van der Waals surface area contributed by atoms with Gasteiger partial charge in [-0.05, 0) is 43.9 Å². The molecular formula is C17H24FN3O2. The second kappa shape index (κ2) is 7.64. The van der Waals surface area contributed by atoms with E-state index in [0.717, 1.165) is 44.6 Å². The van der Waals surface area contributed by atoms with Crippen molar-refractivity contribution in [2.75, 3.05) is 43.1 Å². The van der Waals surface area contributed by atoms with Crippen molar-refractivity contribution in [3.8, 4) is 0 Å². The van der Waals surface area contributed by atoms with Gasteiger partial charge >= 0.3 is 6.03 Å². The first-order valence-corrected chi connectivity index (χ1v) is 8.39. The molecule has 2 aliphatic heterocycles. The molecule has 1 atom stereocenters. The molecule has 1 aromatic rings. The van der Waals surface area contributed by atoms with Gasteiger partial charge in [0.1, 0.15) is 5.82 Å². The molecule has 6 heteroatoms. The summed E-state index contributed by atoms with van der Waals surface area (Å²) < 4.78 is 18.9. The number of hydrogen-bond acceptors (Lipinski definition) is 3. The molecule has 0 bridgehead atoms. The number of nitrogens with zero attached hydrogens (tertiary/aromatic N) is 1. The van der Waals surface area contributed by atoms with E-state index in [0.29, 0.717) is 24.8 Å². The molecule has 2 N–H and O–H groups in total. The van der Waals surface area contributed by atoms with Gasteiger partial charge in [-0.25, -0.2) is 9.18 Å². The Morgan fingerprint density at radius 3 is 2.87 bits per heavy atom. The third kappa shape index (κ3) is 4.34. The lowest BCUT2D eigenvalue weighted by molar-refractivity contribution is 0.185. The van der Waals surface area contributed by atoms with Crippen LogP contribution in [0.4, 0.5) is 20.6 Å². The number of anilines is 2. The number of hydrogen-bond donors (Lipinski definition) is 2. The Morgan fingerprint density at radius 2 is 2.13 bits per heavy atom. The zero-order valence-electron chi connectivity index (χ0n) is 13.3. The quantitative estimate of drug-likeness (QED) is 0.896. The largest absolute Gasteiger partial charge is 0.381 e. The number of carbonyl (C=O) groups excluding carboxylic acids is 1. The lowest BCUT2D eigenvalue weighted by atomic mass is 10.1. The molecule has 2 saturated heterocycles. The maximum Gasteiger partial charge on any atom is 0.319 e. The third-order valence-corrected chi connectivity index (χ3v) is 4.48. The lowest BCUT2D eigenvalue weighted by Crippen LogP contribution is -2.35. The van der Waals surface area contributed by atoms with Gasteiger partial charge in [-0.2, -0.15) is 0 Å². The summed E-state index contributed by atoms with van der Waals surface area (Å²) in [5.74, 6) is 0.0278. The van der Waals surface area contributed by atoms with Gasteiger partial charge in [0.05, 0.1) is 18.0 Å². The number of piperidine rings is 1. The van der Waals surface area contributed by atoms with Gasteiger partial charge in [-0.15, -0.1) is 0 Å². The molecule has 0 unspecified atom stereocenters. The highest BCUT2D eigenvalue weighted by molar-refractivity contribution is 5.93. The topological polar surface area (TPSA) is 53.6 Å². The van der Waals surface area contributed by atoms with Crippen LogP contribution in [-0.2, 0) is 4.74 Å². The van der Waals surface area contributed by atoms with Crippen molar-refractivity contribution >= 4 is 17.4 Å². The average Bonchev–Trinajstić information content (AvgIpc) is 3.07. The highest BCUT2D eigenvalue weighted by Gasteiger charge is 2.18. The SMILES string of the molecule is O=C(NC[C@H]1CCOC1)Nc1cc(F)ccc1N1CCCCC1. The van der Waals surface area contributed by atoms with E-state index in [1.807, 2.05) is 0 Å². The first kappa shape index (κ1) is 16.1. The highest BCUT2D eigenvalue weighted by Crippen LogP contribution is 2.29. The second-order valence-electron chi connectivity index (χ2n) is 6.27. The summed E-state index contributed by atoms with van der Waals surface area (Å²) in [4.78, 5) is 14.3. The van der Waals surface area contributed by atoms with Crippen molar-refractivity contribution in [1.29, 1.82) is 0 Å². The Kier molecular flexibility index (Phi) is 5.33. The molecule has 0 radical (unpaired) electrons. The number of carbonyl (C=O) groups is 1. The molecule has 5 nitrogen and oxygen atoms in total. The summed E-state index contributed by atoms with van der Waals surface area (Å²) >= 11 is 0. The molecule has 2 fully saturated rings. The van der Waals surface area contributed by atoms with E-state index in [9.17, 15) is 9.18 Å². The maximum absolute atomic E-state index is 13.6. The number of nitrogens with one attached hydrogen (secondary N) is 2. The standard InChI is InChI=1S/C17H24FN3O2/c18-14-4-5-16(21-7-2-1-3-8-21)15(10-14)20-17(22)19-11-13-6-9-23-12-13/h4-5,10,13H,1-3,6-9,11-12H2,(H2,19,20,22)/t13-/m1/s1. The highest BCUT2D eigenvalue weighted by atomic mass is 19.1. The number of urea groups is 1. The van der Waals surface area contributed by atoms with Crippen LogP contribution in [0.1, 0.15) is 25.7 Å². The summed E-state index contributed by atoms with van der Waals surface area (Å²) in [6.45, 7) is 3.93. The van der Waals surface area contributed by atoms with Crippen molar-refractivity contribution in [3.05, 3.63) is 24.0 Å². The van der Waals surface area contributed by atoms with E-state index in [1.165, 1.54) is 18.6 Å². The van der Waals surface area contributed by atoms with Crippen LogP contribution in [0.3, 0.4) is 0 Å². The summed E-state index contributed by atoms with van der Waals surface area (Å²) in [7, 11) is 0. The van der Waals surface area contributed by atoms with E-state index < -0.39 is 0 Å². The Balaban J connectivity index is 1.63. The minimum absolute atomic E-state index is 0.291. The van der Waals surface area contributed by atoms with Crippen LogP contribution in [0, 0.1) is 11.7 Å². The van der Waals surface area contributed by atoms with Crippen LogP contribution >= 0.6 is 0 Å². The monoisotopic (exact) mass is 321 g/mol. The summed E-state index contributed by atoms with van der Waals surface area (Å²) in [6, 6.07) is 4.30. The van der Waals surface area contributed by atoms with Crippen molar-refractivity contribution in [1.82, 2.24) is 5.32 Å². The normalized spacial score (nSPS) is 21.3. The Hall–Kier alpha value is -1.82. The van der Waals surface area contributed by atoms with Crippen molar-refractivity contribution in [2.24, 2.45) is 5.92 Å². The van der Waals surface area contributed by atoms with Crippen molar-refractivity contribution in [2.45, 2.75) is 25.7 Å². The van der Waals surface area contributed by atoms with Crippen LogP contribution in [0.2, 0.25) is 0 Å². The van der Waals surface area contributed by atoms with Gasteiger partial charge in [0, 0.05) is 32.2 Å². The average molecular weight is 321 g/mol. The van der Waals surface area contributed by atoms with Crippen LogP contribution < -0.4 is 15.5 Å². The minimum Gasteiger partial charge on any atom is -0.381 e. The molecular weight excluding hydrogens is 297 g/mol. The van der Waals surface area contributed by atoms with Crippen molar-refractivity contribution < 1.29 is 13.9 Å². The second-order valence-corrected chi connectivity index (χ2v) is 6.27. The first-order chi connectivity index (χ1) is 11.2. The fraction of sp³-hybridized carbons (Fsp3) is 0.588. The van der Waals surface area contributed by atoms with Gasteiger partial charge in [0.25, 0.3) is 0 Å². The maximum atomic E-state index is 13.6. The van der Waals surface area contributed by atoms with Gasteiger partial charge in [-0.3, -0.25) is 0 Å². The molecule has 3 rings (SSSR count). The molecule has 2 aliphatic rings.